The molecule has 0 unspecified atom stereocenters. The van der Waals surface area contributed by atoms with Gasteiger partial charge in [-0.25, -0.2) is 8.42 Å². The minimum absolute atomic E-state index is 0.000910. The fourth-order valence-electron chi connectivity index (χ4n) is 2.23. The summed E-state index contributed by atoms with van der Waals surface area (Å²) in [6.45, 7) is 5.25. The Morgan fingerprint density at radius 1 is 1.35 bits per heavy atom. The van der Waals surface area contributed by atoms with Crippen LogP contribution in [0.2, 0.25) is 0 Å². The molecule has 0 N–H and O–H groups in total. The van der Waals surface area contributed by atoms with Crippen LogP contribution in [0.3, 0.4) is 0 Å². The van der Waals surface area contributed by atoms with Crippen molar-refractivity contribution in [2.45, 2.75) is 25.3 Å². The molecule has 2 heterocycles. The molecule has 1 aromatic rings. The van der Waals surface area contributed by atoms with E-state index in [-0.39, 0.29) is 17.3 Å². The number of nitrogens with zero attached hydrogens (tertiary/aromatic N) is 3. The zero-order chi connectivity index (χ0) is 14.9. The Morgan fingerprint density at radius 2 is 1.95 bits per heavy atom. The highest BCUT2D eigenvalue weighted by atomic mass is 35.7. The highest BCUT2D eigenvalue weighted by molar-refractivity contribution is 8.13. The molecule has 2 rings (SSSR count). The summed E-state index contributed by atoms with van der Waals surface area (Å²) in [5.41, 5.74) is 0.673. The number of carbonyl (C=O) groups is 1. The van der Waals surface area contributed by atoms with Crippen LogP contribution < -0.4 is 0 Å². The molecule has 1 aromatic heterocycles. The van der Waals surface area contributed by atoms with Crippen LogP contribution in [0, 0.1) is 13.8 Å². The Kier molecular flexibility index (Phi) is 4.36. The number of morpholine rings is 1. The lowest BCUT2D eigenvalue weighted by atomic mass is 10.3. The fraction of sp³-hybridized carbons (Fsp3) is 0.636. The maximum absolute atomic E-state index is 12.1. The van der Waals surface area contributed by atoms with Crippen molar-refractivity contribution >= 4 is 25.6 Å². The lowest BCUT2D eigenvalue weighted by molar-refractivity contribution is -0.136. The molecule has 1 saturated heterocycles. The summed E-state index contributed by atoms with van der Waals surface area (Å²) in [5.74, 6) is -0.113. The largest absolute Gasteiger partial charge is 0.378 e. The molecule has 0 atom stereocenters. The van der Waals surface area contributed by atoms with E-state index >= 15 is 0 Å². The number of rotatable bonds is 3. The molecule has 7 nitrogen and oxygen atoms in total. The van der Waals surface area contributed by atoms with Crippen LogP contribution in [0.25, 0.3) is 0 Å². The summed E-state index contributed by atoms with van der Waals surface area (Å²) in [6, 6.07) is 0. The van der Waals surface area contributed by atoms with E-state index in [0.717, 1.165) is 0 Å². The lowest BCUT2D eigenvalue weighted by Gasteiger charge is -2.26. The number of ether oxygens (including phenoxy) is 1. The Labute approximate surface area is 121 Å². The molecule has 0 spiro atoms. The Balaban J connectivity index is 2.20. The molecule has 1 amide bonds. The quantitative estimate of drug-likeness (QED) is 0.747. The van der Waals surface area contributed by atoms with Gasteiger partial charge in [-0.05, 0) is 13.8 Å². The second-order valence-corrected chi connectivity index (χ2v) is 7.09. The van der Waals surface area contributed by atoms with Crippen molar-refractivity contribution in [3.05, 3.63) is 11.4 Å². The maximum atomic E-state index is 12.1. The molecule has 9 heteroatoms. The molecule has 0 bridgehead atoms. The molecule has 1 aliphatic heterocycles. The monoisotopic (exact) mass is 321 g/mol. The van der Waals surface area contributed by atoms with Gasteiger partial charge in [0.15, 0.2) is 0 Å². The van der Waals surface area contributed by atoms with E-state index in [9.17, 15) is 13.2 Å². The molecule has 0 saturated carbocycles. The number of aromatic nitrogens is 2. The summed E-state index contributed by atoms with van der Waals surface area (Å²) < 4.78 is 29.5. The van der Waals surface area contributed by atoms with E-state index in [0.29, 0.717) is 37.7 Å². The standard InChI is InChI=1S/C11H16ClN3O4S/c1-8-11(20(12,17)18)9(2)15(13-8)7-10(16)14-3-5-19-6-4-14/h3-7H2,1-2H3. The van der Waals surface area contributed by atoms with Gasteiger partial charge >= 0.3 is 0 Å². The third-order valence-corrected chi connectivity index (χ3v) is 4.75. The first kappa shape index (κ1) is 15.3. The predicted molar refractivity (Wildman–Crippen MR) is 72.1 cm³/mol. The van der Waals surface area contributed by atoms with Crippen molar-refractivity contribution in [2.24, 2.45) is 0 Å². The van der Waals surface area contributed by atoms with Gasteiger partial charge in [0.2, 0.25) is 5.91 Å². The molecule has 112 valence electrons. The molecular formula is C11H16ClN3O4S. The topological polar surface area (TPSA) is 81.5 Å². The van der Waals surface area contributed by atoms with Crippen LogP contribution in [0.1, 0.15) is 11.4 Å². The van der Waals surface area contributed by atoms with Crippen LogP contribution >= 0.6 is 10.7 Å². The minimum atomic E-state index is -3.86. The number of aryl methyl sites for hydroxylation is 1. The van der Waals surface area contributed by atoms with Crippen molar-refractivity contribution < 1.29 is 17.9 Å². The summed E-state index contributed by atoms with van der Waals surface area (Å²) in [5, 5.41) is 4.09. The van der Waals surface area contributed by atoms with E-state index < -0.39 is 9.05 Å². The summed E-state index contributed by atoms with van der Waals surface area (Å²) >= 11 is 0. The minimum Gasteiger partial charge on any atom is -0.378 e. The van der Waals surface area contributed by atoms with Crippen molar-refractivity contribution in [1.29, 1.82) is 0 Å². The third-order valence-electron chi connectivity index (χ3n) is 3.21. The van der Waals surface area contributed by atoms with Crippen LogP contribution in [0.4, 0.5) is 0 Å². The second-order valence-electron chi connectivity index (χ2n) is 4.59. The van der Waals surface area contributed by atoms with Gasteiger partial charge < -0.3 is 9.64 Å². The summed E-state index contributed by atoms with van der Waals surface area (Å²) in [4.78, 5) is 13.8. The molecule has 1 aliphatic rings. The van der Waals surface area contributed by atoms with Gasteiger partial charge in [0.25, 0.3) is 9.05 Å². The second kappa shape index (κ2) is 5.71. The van der Waals surface area contributed by atoms with Gasteiger partial charge in [0.1, 0.15) is 11.4 Å². The van der Waals surface area contributed by atoms with Crippen LogP contribution in [-0.4, -0.2) is 55.3 Å². The van der Waals surface area contributed by atoms with Crippen LogP contribution in [0.15, 0.2) is 4.90 Å². The van der Waals surface area contributed by atoms with Crippen LogP contribution in [-0.2, 0) is 25.1 Å². The normalized spacial score (nSPS) is 16.4. The highest BCUT2D eigenvalue weighted by Crippen LogP contribution is 2.23. The Morgan fingerprint density at radius 3 is 2.45 bits per heavy atom. The predicted octanol–water partition coefficient (Wildman–Crippen LogP) is 0.286. The number of carbonyl (C=O) groups excluding carboxylic acids is 1. The van der Waals surface area contributed by atoms with Gasteiger partial charge in [-0.1, -0.05) is 0 Å². The molecule has 0 radical (unpaired) electrons. The summed E-state index contributed by atoms with van der Waals surface area (Å²) in [6.07, 6.45) is 0. The average molecular weight is 322 g/mol. The highest BCUT2D eigenvalue weighted by Gasteiger charge is 2.24. The number of amides is 1. The maximum Gasteiger partial charge on any atom is 0.264 e. The van der Waals surface area contributed by atoms with Gasteiger partial charge in [0, 0.05) is 23.8 Å². The first-order chi connectivity index (χ1) is 9.30. The molecule has 0 aliphatic carbocycles. The third kappa shape index (κ3) is 3.13. The van der Waals surface area contributed by atoms with E-state index in [1.54, 1.807) is 18.7 Å². The van der Waals surface area contributed by atoms with Gasteiger partial charge in [0.05, 0.1) is 24.6 Å². The molecule has 1 fully saturated rings. The Bertz CT molecular complexity index is 620. The van der Waals surface area contributed by atoms with E-state index in [1.165, 1.54) is 4.68 Å². The van der Waals surface area contributed by atoms with Crippen molar-refractivity contribution in [3.8, 4) is 0 Å². The van der Waals surface area contributed by atoms with E-state index in [4.69, 9.17) is 15.4 Å². The lowest BCUT2D eigenvalue weighted by Crippen LogP contribution is -2.42. The first-order valence-corrected chi connectivity index (χ1v) is 8.46. The van der Waals surface area contributed by atoms with Crippen molar-refractivity contribution in [2.75, 3.05) is 26.3 Å². The SMILES string of the molecule is Cc1nn(CC(=O)N2CCOCC2)c(C)c1S(=O)(=O)Cl. The van der Waals surface area contributed by atoms with Crippen LogP contribution in [0.5, 0.6) is 0 Å². The average Bonchev–Trinajstić information content (AvgIpc) is 2.64. The Hall–Kier alpha value is -1.12. The molecule has 0 aromatic carbocycles. The smallest absolute Gasteiger partial charge is 0.264 e. The number of hydrogen-bond donors (Lipinski definition) is 0. The van der Waals surface area contributed by atoms with Gasteiger partial charge in [-0.3, -0.25) is 9.48 Å². The fourth-order valence-corrected chi connectivity index (χ4v) is 3.75. The van der Waals surface area contributed by atoms with Gasteiger partial charge in [-0.2, -0.15) is 5.10 Å². The molecular weight excluding hydrogens is 306 g/mol. The van der Waals surface area contributed by atoms with Gasteiger partial charge in [-0.15, -0.1) is 0 Å². The zero-order valence-electron chi connectivity index (χ0n) is 11.3. The zero-order valence-corrected chi connectivity index (χ0v) is 12.9. The van der Waals surface area contributed by atoms with Crippen molar-refractivity contribution in [1.82, 2.24) is 14.7 Å². The summed E-state index contributed by atoms with van der Waals surface area (Å²) in [7, 11) is 1.51. The van der Waals surface area contributed by atoms with E-state index in [2.05, 4.69) is 5.10 Å². The molecule has 20 heavy (non-hydrogen) atoms. The first-order valence-electron chi connectivity index (χ1n) is 6.15. The van der Waals surface area contributed by atoms with E-state index in [1.807, 2.05) is 0 Å². The number of halogens is 1. The number of hydrogen-bond acceptors (Lipinski definition) is 5. The van der Waals surface area contributed by atoms with Crippen molar-refractivity contribution in [3.63, 3.8) is 0 Å².